The normalized spacial score (nSPS) is 19.4. The van der Waals surface area contributed by atoms with E-state index in [1.807, 2.05) is 6.07 Å². The Morgan fingerprint density at radius 3 is 2.88 bits per heavy atom. The molecule has 0 spiro atoms. The topological polar surface area (TPSA) is 32.3 Å². The molecular weight excluding hydrogens is 210 g/mol. The van der Waals surface area contributed by atoms with Crippen molar-refractivity contribution in [3.05, 3.63) is 29.3 Å². The summed E-state index contributed by atoms with van der Waals surface area (Å²) in [4.78, 5) is 0. The van der Waals surface area contributed by atoms with Gasteiger partial charge >= 0.3 is 0 Å². The predicted octanol–water partition coefficient (Wildman–Crippen LogP) is 3.55. The summed E-state index contributed by atoms with van der Waals surface area (Å²) in [5.74, 6) is 0.458. The van der Waals surface area contributed by atoms with E-state index in [0.29, 0.717) is 11.8 Å². The Morgan fingerprint density at radius 2 is 2.18 bits per heavy atom. The second kappa shape index (κ2) is 4.69. The van der Waals surface area contributed by atoms with E-state index in [1.165, 1.54) is 18.4 Å². The molecule has 1 unspecified atom stereocenters. The van der Waals surface area contributed by atoms with Gasteiger partial charge in [0.2, 0.25) is 0 Å². The minimum Gasteiger partial charge on any atom is -0.508 e. The van der Waals surface area contributed by atoms with E-state index >= 15 is 0 Å². The lowest BCUT2D eigenvalue weighted by molar-refractivity contribution is 0.312. The zero-order valence-electron chi connectivity index (χ0n) is 11.1. The number of phenolic OH excluding ortho intramolecular Hbond substituents is 1. The standard InChI is InChI=1S/C15H23NO/c1-4-10-15(2,3)16-13-9-8-12-11(13)6-5-7-14(12)17/h5-7,13,16-17H,4,8-10H2,1-3H3. The molecule has 0 bridgehead atoms. The molecule has 0 heterocycles. The Bertz CT molecular complexity index is 398. The number of fused-ring (bicyclic) bond motifs is 1. The van der Waals surface area contributed by atoms with Crippen molar-refractivity contribution in [3.8, 4) is 5.75 Å². The van der Waals surface area contributed by atoms with E-state index in [-0.39, 0.29) is 5.54 Å². The summed E-state index contributed by atoms with van der Waals surface area (Å²) in [6.07, 6.45) is 4.46. The Balaban J connectivity index is 2.15. The van der Waals surface area contributed by atoms with Crippen LogP contribution in [0.3, 0.4) is 0 Å². The smallest absolute Gasteiger partial charge is 0.119 e. The molecule has 0 aliphatic heterocycles. The highest BCUT2D eigenvalue weighted by molar-refractivity contribution is 5.44. The average Bonchev–Trinajstić information content (AvgIpc) is 2.62. The van der Waals surface area contributed by atoms with Gasteiger partial charge in [-0.05, 0) is 50.3 Å². The number of hydrogen-bond acceptors (Lipinski definition) is 2. The molecule has 1 aromatic carbocycles. The fourth-order valence-corrected chi connectivity index (χ4v) is 2.95. The summed E-state index contributed by atoms with van der Waals surface area (Å²) in [6.45, 7) is 6.74. The quantitative estimate of drug-likeness (QED) is 0.833. The molecule has 0 radical (unpaired) electrons. The number of rotatable bonds is 4. The van der Waals surface area contributed by atoms with Gasteiger partial charge in [-0.25, -0.2) is 0 Å². The maximum absolute atomic E-state index is 9.82. The Morgan fingerprint density at radius 1 is 1.41 bits per heavy atom. The molecule has 0 aromatic heterocycles. The molecule has 1 aromatic rings. The predicted molar refractivity (Wildman–Crippen MR) is 71.3 cm³/mol. The highest BCUT2D eigenvalue weighted by atomic mass is 16.3. The van der Waals surface area contributed by atoms with E-state index in [0.717, 1.165) is 18.4 Å². The van der Waals surface area contributed by atoms with Gasteiger partial charge in [0.25, 0.3) is 0 Å². The van der Waals surface area contributed by atoms with Gasteiger partial charge in [0.05, 0.1) is 0 Å². The van der Waals surface area contributed by atoms with Crippen LogP contribution in [0.25, 0.3) is 0 Å². The van der Waals surface area contributed by atoms with Crippen LogP contribution in [0, 0.1) is 0 Å². The number of benzene rings is 1. The van der Waals surface area contributed by atoms with Crippen molar-refractivity contribution in [3.63, 3.8) is 0 Å². The number of phenols is 1. The van der Waals surface area contributed by atoms with Gasteiger partial charge < -0.3 is 10.4 Å². The molecule has 2 nitrogen and oxygen atoms in total. The van der Waals surface area contributed by atoms with Crippen molar-refractivity contribution in [2.75, 3.05) is 0 Å². The molecule has 0 amide bonds. The van der Waals surface area contributed by atoms with E-state index in [9.17, 15) is 5.11 Å². The average molecular weight is 233 g/mol. The van der Waals surface area contributed by atoms with Crippen molar-refractivity contribution >= 4 is 0 Å². The number of aromatic hydroxyl groups is 1. The first-order chi connectivity index (χ1) is 8.03. The Labute approximate surface area is 104 Å². The van der Waals surface area contributed by atoms with Gasteiger partial charge in [0.15, 0.2) is 0 Å². The van der Waals surface area contributed by atoms with Crippen LogP contribution in [-0.2, 0) is 6.42 Å². The summed E-state index contributed by atoms with van der Waals surface area (Å²) in [6, 6.07) is 6.28. The molecule has 0 fully saturated rings. The lowest BCUT2D eigenvalue weighted by Gasteiger charge is -2.30. The van der Waals surface area contributed by atoms with Crippen LogP contribution >= 0.6 is 0 Å². The van der Waals surface area contributed by atoms with Crippen LogP contribution in [-0.4, -0.2) is 10.6 Å². The van der Waals surface area contributed by atoms with Gasteiger partial charge in [-0.15, -0.1) is 0 Å². The molecule has 2 rings (SSSR count). The lowest BCUT2D eigenvalue weighted by atomic mass is 9.96. The first-order valence-electron chi connectivity index (χ1n) is 6.62. The molecule has 1 aliphatic carbocycles. The molecule has 17 heavy (non-hydrogen) atoms. The van der Waals surface area contributed by atoms with Crippen LogP contribution < -0.4 is 5.32 Å². The van der Waals surface area contributed by atoms with E-state index in [1.54, 1.807) is 6.07 Å². The first-order valence-corrected chi connectivity index (χ1v) is 6.62. The fraction of sp³-hybridized carbons (Fsp3) is 0.600. The van der Waals surface area contributed by atoms with E-state index in [4.69, 9.17) is 0 Å². The van der Waals surface area contributed by atoms with E-state index < -0.39 is 0 Å². The molecular formula is C15H23NO. The van der Waals surface area contributed by atoms with Crippen molar-refractivity contribution in [1.82, 2.24) is 5.32 Å². The molecule has 0 saturated heterocycles. The second-order valence-corrected chi connectivity index (χ2v) is 5.71. The first kappa shape index (κ1) is 12.4. The third-order valence-electron chi connectivity index (χ3n) is 3.69. The molecule has 2 N–H and O–H groups in total. The van der Waals surface area contributed by atoms with Gasteiger partial charge in [-0.2, -0.15) is 0 Å². The monoisotopic (exact) mass is 233 g/mol. The summed E-state index contributed by atoms with van der Waals surface area (Å²) < 4.78 is 0. The van der Waals surface area contributed by atoms with Crippen LogP contribution in [0.4, 0.5) is 0 Å². The second-order valence-electron chi connectivity index (χ2n) is 5.71. The summed E-state index contributed by atoms with van der Waals surface area (Å²) in [5, 5.41) is 13.6. The summed E-state index contributed by atoms with van der Waals surface area (Å²) >= 11 is 0. The third kappa shape index (κ3) is 2.63. The fourth-order valence-electron chi connectivity index (χ4n) is 2.95. The zero-order chi connectivity index (χ0) is 12.5. The SMILES string of the molecule is CCCC(C)(C)NC1CCc2c(O)cccc21. The molecule has 1 atom stereocenters. The maximum Gasteiger partial charge on any atom is 0.119 e. The van der Waals surface area contributed by atoms with E-state index in [2.05, 4.69) is 32.2 Å². The maximum atomic E-state index is 9.82. The van der Waals surface area contributed by atoms with Crippen molar-refractivity contribution in [2.24, 2.45) is 0 Å². The molecule has 1 aliphatic rings. The molecule has 94 valence electrons. The van der Waals surface area contributed by atoms with Crippen LogP contribution in [0.5, 0.6) is 5.75 Å². The van der Waals surface area contributed by atoms with Crippen LogP contribution in [0.15, 0.2) is 18.2 Å². The summed E-state index contributed by atoms with van der Waals surface area (Å²) in [7, 11) is 0. The molecule has 2 heteroatoms. The highest BCUT2D eigenvalue weighted by Crippen LogP contribution is 2.37. The molecule has 0 saturated carbocycles. The minimum absolute atomic E-state index is 0.173. The highest BCUT2D eigenvalue weighted by Gasteiger charge is 2.28. The lowest BCUT2D eigenvalue weighted by Crippen LogP contribution is -2.40. The Hall–Kier alpha value is -1.02. The van der Waals surface area contributed by atoms with Crippen LogP contribution in [0.2, 0.25) is 0 Å². The van der Waals surface area contributed by atoms with Crippen molar-refractivity contribution in [1.29, 1.82) is 0 Å². The number of hydrogen-bond donors (Lipinski definition) is 2. The van der Waals surface area contributed by atoms with Gasteiger partial charge in [0, 0.05) is 11.6 Å². The summed E-state index contributed by atoms with van der Waals surface area (Å²) in [5.41, 5.74) is 2.60. The van der Waals surface area contributed by atoms with Crippen molar-refractivity contribution < 1.29 is 5.11 Å². The van der Waals surface area contributed by atoms with Gasteiger partial charge in [0.1, 0.15) is 5.75 Å². The van der Waals surface area contributed by atoms with Gasteiger partial charge in [-0.1, -0.05) is 25.5 Å². The minimum atomic E-state index is 0.173. The number of nitrogens with one attached hydrogen (secondary N) is 1. The van der Waals surface area contributed by atoms with Crippen LogP contribution in [0.1, 0.15) is 57.2 Å². The largest absolute Gasteiger partial charge is 0.508 e. The van der Waals surface area contributed by atoms with Crippen molar-refractivity contribution in [2.45, 2.75) is 58.0 Å². The van der Waals surface area contributed by atoms with Gasteiger partial charge in [-0.3, -0.25) is 0 Å². The third-order valence-corrected chi connectivity index (χ3v) is 3.69. The zero-order valence-corrected chi connectivity index (χ0v) is 11.1. The Kier molecular flexibility index (Phi) is 3.43.